The molecule has 2 rings (SSSR count). The van der Waals surface area contributed by atoms with E-state index in [-0.39, 0.29) is 11.8 Å². The summed E-state index contributed by atoms with van der Waals surface area (Å²) in [7, 11) is 0. The van der Waals surface area contributed by atoms with E-state index in [2.05, 4.69) is 11.4 Å². The van der Waals surface area contributed by atoms with Crippen LogP contribution in [0.1, 0.15) is 38.2 Å². The fourth-order valence-electron chi connectivity index (χ4n) is 1.58. The first-order valence-corrected chi connectivity index (χ1v) is 6.06. The lowest BCUT2D eigenvalue weighted by Gasteiger charge is -2.10. The topological polar surface area (TPSA) is 29.1 Å². The maximum absolute atomic E-state index is 11.5. The van der Waals surface area contributed by atoms with Crippen molar-refractivity contribution >= 4 is 23.2 Å². The minimum atomic E-state index is -0.0285. The van der Waals surface area contributed by atoms with Gasteiger partial charge in [0.05, 0.1) is 10.7 Å². The molecule has 0 radical (unpaired) electrons. The third-order valence-electron chi connectivity index (χ3n) is 2.82. The second kappa shape index (κ2) is 4.46. The molecular weight excluding hydrogens is 222 g/mol. The smallest absolute Gasteiger partial charge is 0.226 e. The molecule has 3 heteroatoms. The van der Waals surface area contributed by atoms with Gasteiger partial charge in [0.25, 0.3) is 0 Å². The van der Waals surface area contributed by atoms with Crippen molar-refractivity contribution in [1.82, 2.24) is 0 Å². The SMILES string of the molecule is CC(C)C(=O)Nc1ccc(C2CC2)cc1Cl. The molecule has 0 atom stereocenters. The van der Waals surface area contributed by atoms with E-state index in [1.165, 1.54) is 18.4 Å². The van der Waals surface area contributed by atoms with Crippen molar-refractivity contribution < 1.29 is 4.79 Å². The number of benzene rings is 1. The van der Waals surface area contributed by atoms with Gasteiger partial charge in [-0.25, -0.2) is 0 Å². The van der Waals surface area contributed by atoms with E-state index in [1.54, 1.807) is 0 Å². The van der Waals surface area contributed by atoms with Gasteiger partial charge in [0, 0.05) is 5.92 Å². The number of carbonyl (C=O) groups is 1. The van der Waals surface area contributed by atoms with Gasteiger partial charge in [-0.2, -0.15) is 0 Å². The van der Waals surface area contributed by atoms with Crippen molar-refractivity contribution in [2.45, 2.75) is 32.6 Å². The Kier molecular flexibility index (Phi) is 3.20. The molecule has 1 aromatic carbocycles. The Morgan fingerprint density at radius 2 is 2.12 bits per heavy atom. The van der Waals surface area contributed by atoms with Crippen molar-refractivity contribution in [2.75, 3.05) is 5.32 Å². The number of carbonyl (C=O) groups excluding carboxylic acids is 1. The molecule has 1 saturated carbocycles. The lowest BCUT2D eigenvalue weighted by atomic mass is 10.1. The third kappa shape index (κ3) is 2.56. The number of hydrogen-bond acceptors (Lipinski definition) is 1. The first-order chi connectivity index (χ1) is 7.58. The molecule has 86 valence electrons. The van der Waals surface area contributed by atoms with Crippen LogP contribution in [-0.4, -0.2) is 5.91 Å². The first kappa shape index (κ1) is 11.5. The molecule has 0 aliphatic heterocycles. The van der Waals surface area contributed by atoms with Gasteiger partial charge in [-0.3, -0.25) is 4.79 Å². The summed E-state index contributed by atoms with van der Waals surface area (Å²) in [5.41, 5.74) is 2.00. The minimum absolute atomic E-state index is 0.000993. The Morgan fingerprint density at radius 1 is 1.44 bits per heavy atom. The van der Waals surface area contributed by atoms with Gasteiger partial charge in [-0.15, -0.1) is 0 Å². The van der Waals surface area contributed by atoms with E-state index in [0.717, 1.165) is 0 Å². The number of halogens is 1. The second-order valence-electron chi connectivity index (χ2n) is 4.66. The summed E-state index contributed by atoms with van der Waals surface area (Å²) in [5, 5.41) is 3.46. The molecule has 0 bridgehead atoms. The van der Waals surface area contributed by atoms with Gasteiger partial charge in [0.2, 0.25) is 5.91 Å². The maximum atomic E-state index is 11.5. The highest BCUT2D eigenvalue weighted by molar-refractivity contribution is 6.33. The number of hydrogen-bond donors (Lipinski definition) is 1. The molecule has 0 saturated heterocycles. The highest BCUT2D eigenvalue weighted by Gasteiger charge is 2.24. The van der Waals surface area contributed by atoms with Crippen molar-refractivity contribution in [2.24, 2.45) is 5.92 Å². The molecule has 1 aromatic rings. The molecule has 1 N–H and O–H groups in total. The summed E-state index contributed by atoms with van der Waals surface area (Å²) < 4.78 is 0. The van der Waals surface area contributed by atoms with Crippen molar-refractivity contribution in [3.8, 4) is 0 Å². The van der Waals surface area contributed by atoms with Crippen LogP contribution >= 0.6 is 11.6 Å². The first-order valence-electron chi connectivity index (χ1n) is 5.68. The Hall–Kier alpha value is -1.02. The molecule has 0 spiro atoms. The maximum Gasteiger partial charge on any atom is 0.226 e. The van der Waals surface area contributed by atoms with Crippen molar-refractivity contribution in [1.29, 1.82) is 0 Å². The fourth-order valence-corrected chi connectivity index (χ4v) is 1.82. The minimum Gasteiger partial charge on any atom is -0.325 e. The largest absolute Gasteiger partial charge is 0.325 e. The van der Waals surface area contributed by atoms with Crippen molar-refractivity contribution in [3.05, 3.63) is 28.8 Å². The predicted octanol–water partition coefficient (Wildman–Crippen LogP) is 3.81. The molecule has 1 aliphatic rings. The summed E-state index contributed by atoms with van der Waals surface area (Å²) >= 11 is 6.14. The molecule has 0 heterocycles. The van der Waals surface area contributed by atoms with E-state index >= 15 is 0 Å². The highest BCUT2D eigenvalue weighted by atomic mass is 35.5. The van der Waals surface area contributed by atoms with Gasteiger partial charge in [0.1, 0.15) is 0 Å². The van der Waals surface area contributed by atoms with Crippen LogP contribution in [-0.2, 0) is 4.79 Å². The van der Waals surface area contributed by atoms with Crippen LogP contribution in [0.4, 0.5) is 5.69 Å². The van der Waals surface area contributed by atoms with E-state index in [4.69, 9.17) is 11.6 Å². The van der Waals surface area contributed by atoms with E-state index in [9.17, 15) is 4.79 Å². The van der Waals surface area contributed by atoms with Crippen LogP contribution in [0.5, 0.6) is 0 Å². The highest BCUT2D eigenvalue weighted by Crippen LogP contribution is 2.41. The van der Waals surface area contributed by atoms with Gasteiger partial charge in [-0.1, -0.05) is 31.5 Å². The standard InChI is InChI=1S/C13H16ClNO/c1-8(2)13(16)15-12-6-5-10(7-11(12)14)9-3-4-9/h5-9H,3-4H2,1-2H3,(H,15,16). The molecule has 1 fully saturated rings. The summed E-state index contributed by atoms with van der Waals surface area (Å²) in [6, 6.07) is 5.92. The van der Waals surface area contributed by atoms with Crippen LogP contribution in [0.3, 0.4) is 0 Å². The van der Waals surface area contributed by atoms with Gasteiger partial charge >= 0.3 is 0 Å². The zero-order valence-corrected chi connectivity index (χ0v) is 10.3. The molecular formula is C13H16ClNO. The average molecular weight is 238 g/mol. The summed E-state index contributed by atoms with van der Waals surface area (Å²) in [5.74, 6) is 0.660. The third-order valence-corrected chi connectivity index (χ3v) is 3.14. The molecule has 2 nitrogen and oxygen atoms in total. The number of rotatable bonds is 3. The zero-order chi connectivity index (χ0) is 11.7. The molecule has 0 unspecified atom stereocenters. The monoisotopic (exact) mass is 237 g/mol. The Balaban J connectivity index is 2.12. The van der Waals surface area contributed by atoms with Crippen LogP contribution in [0, 0.1) is 5.92 Å². The lowest BCUT2D eigenvalue weighted by molar-refractivity contribution is -0.118. The van der Waals surface area contributed by atoms with E-state index < -0.39 is 0 Å². The number of nitrogens with one attached hydrogen (secondary N) is 1. The average Bonchev–Trinajstić information content (AvgIpc) is 3.04. The van der Waals surface area contributed by atoms with Crippen LogP contribution < -0.4 is 5.32 Å². The number of amides is 1. The molecule has 1 amide bonds. The van der Waals surface area contributed by atoms with E-state index in [0.29, 0.717) is 16.6 Å². The Bertz CT molecular complexity index is 410. The van der Waals surface area contributed by atoms with Gasteiger partial charge < -0.3 is 5.32 Å². The Labute approximate surface area is 101 Å². The molecule has 0 aromatic heterocycles. The van der Waals surface area contributed by atoms with Crippen molar-refractivity contribution in [3.63, 3.8) is 0 Å². The predicted molar refractivity (Wildman–Crippen MR) is 66.9 cm³/mol. The second-order valence-corrected chi connectivity index (χ2v) is 5.06. The summed E-state index contributed by atoms with van der Waals surface area (Å²) in [6.07, 6.45) is 2.52. The normalized spacial score (nSPS) is 15.2. The van der Waals surface area contributed by atoms with E-state index in [1.807, 2.05) is 26.0 Å². The molecule has 1 aliphatic carbocycles. The molecule has 16 heavy (non-hydrogen) atoms. The lowest BCUT2D eigenvalue weighted by Crippen LogP contribution is -2.17. The van der Waals surface area contributed by atoms with Crippen LogP contribution in [0.25, 0.3) is 0 Å². The quantitative estimate of drug-likeness (QED) is 0.851. The van der Waals surface area contributed by atoms with Gasteiger partial charge in [0.15, 0.2) is 0 Å². The zero-order valence-electron chi connectivity index (χ0n) is 9.59. The van der Waals surface area contributed by atoms with Crippen LogP contribution in [0.15, 0.2) is 18.2 Å². The van der Waals surface area contributed by atoms with Crippen LogP contribution in [0.2, 0.25) is 5.02 Å². The van der Waals surface area contributed by atoms with Gasteiger partial charge in [-0.05, 0) is 36.5 Å². The Morgan fingerprint density at radius 3 is 2.62 bits per heavy atom. The number of anilines is 1. The summed E-state index contributed by atoms with van der Waals surface area (Å²) in [4.78, 5) is 11.5. The fraction of sp³-hybridized carbons (Fsp3) is 0.462. The summed E-state index contributed by atoms with van der Waals surface area (Å²) in [6.45, 7) is 3.73.